The van der Waals surface area contributed by atoms with Crippen LogP contribution in [-0.2, 0) is 4.79 Å². The molecule has 0 aromatic carbocycles. The summed E-state index contributed by atoms with van der Waals surface area (Å²) in [6.07, 6.45) is 7.19. The predicted octanol–water partition coefficient (Wildman–Crippen LogP) is 1.95. The molecular weight excluding hydrogens is 228 g/mol. The van der Waals surface area contributed by atoms with Gasteiger partial charge in [0.25, 0.3) is 0 Å². The van der Waals surface area contributed by atoms with Crippen molar-refractivity contribution in [3.8, 4) is 0 Å². The number of rotatable bonds is 7. The maximum atomic E-state index is 10.9. The highest BCUT2D eigenvalue weighted by atomic mass is 16.4. The van der Waals surface area contributed by atoms with E-state index in [9.17, 15) is 4.79 Å². The summed E-state index contributed by atoms with van der Waals surface area (Å²) in [5, 5.41) is 11.8. The lowest BCUT2D eigenvalue weighted by Gasteiger charge is -2.34. The summed E-state index contributed by atoms with van der Waals surface area (Å²) >= 11 is 0. The third kappa shape index (κ3) is 4.58. The Labute approximate surface area is 111 Å². The second-order valence-electron chi connectivity index (χ2n) is 5.53. The summed E-state index contributed by atoms with van der Waals surface area (Å²) < 4.78 is 0. The molecule has 18 heavy (non-hydrogen) atoms. The molecule has 0 aromatic heterocycles. The number of likely N-dealkylation sites (N-methyl/N-ethyl adjacent to an activating group) is 1. The van der Waals surface area contributed by atoms with Gasteiger partial charge >= 0.3 is 5.97 Å². The van der Waals surface area contributed by atoms with Crippen LogP contribution in [0.2, 0.25) is 0 Å². The SMILES string of the molecule is CCC1CCC(N(C)CCC(NC)C(=O)O)CC1. The fraction of sp³-hybridized carbons (Fsp3) is 0.929. The van der Waals surface area contributed by atoms with Gasteiger partial charge in [-0.05, 0) is 52.1 Å². The Kier molecular flexibility index (Phi) is 6.65. The van der Waals surface area contributed by atoms with Crippen molar-refractivity contribution in [3.05, 3.63) is 0 Å². The Morgan fingerprint density at radius 1 is 1.39 bits per heavy atom. The molecule has 1 atom stereocenters. The zero-order chi connectivity index (χ0) is 13.5. The van der Waals surface area contributed by atoms with Crippen molar-refractivity contribution in [2.75, 3.05) is 20.6 Å². The van der Waals surface area contributed by atoms with Crippen LogP contribution in [0.25, 0.3) is 0 Å². The Balaban J connectivity index is 2.28. The summed E-state index contributed by atoms with van der Waals surface area (Å²) in [6.45, 7) is 3.14. The lowest BCUT2D eigenvalue weighted by Crippen LogP contribution is -2.41. The van der Waals surface area contributed by atoms with E-state index >= 15 is 0 Å². The first-order chi connectivity index (χ1) is 8.58. The molecule has 1 aliphatic rings. The molecule has 0 spiro atoms. The summed E-state index contributed by atoms with van der Waals surface area (Å²) in [5.74, 6) is 0.166. The smallest absolute Gasteiger partial charge is 0.320 e. The van der Waals surface area contributed by atoms with Gasteiger partial charge in [-0.2, -0.15) is 0 Å². The molecule has 2 N–H and O–H groups in total. The van der Waals surface area contributed by atoms with Crippen molar-refractivity contribution < 1.29 is 9.90 Å². The molecule has 1 saturated carbocycles. The Morgan fingerprint density at radius 2 is 2.00 bits per heavy atom. The molecule has 1 unspecified atom stereocenters. The third-order valence-electron chi connectivity index (χ3n) is 4.43. The molecule has 0 radical (unpaired) electrons. The Hall–Kier alpha value is -0.610. The van der Waals surface area contributed by atoms with Crippen LogP contribution in [0.5, 0.6) is 0 Å². The van der Waals surface area contributed by atoms with Crippen LogP contribution in [0, 0.1) is 5.92 Å². The van der Waals surface area contributed by atoms with E-state index in [0.29, 0.717) is 12.5 Å². The van der Waals surface area contributed by atoms with Crippen molar-refractivity contribution in [1.29, 1.82) is 0 Å². The van der Waals surface area contributed by atoms with Crippen LogP contribution in [0.15, 0.2) is 0 Å². The van der Waals surface area contributed by atoms with Crippen LogP contribution in [-0.4, -0.2) is 48.7 Å². The summed E-state index contributed by atoms with van der Waals surface area (Å²) in [7, 11) is 3.84. The molecule has 1 aliphatic carbocycles. The molecule has 0 amide bonds. The van der Waals surface area contributed by atoms with E-state index in [4.69, 9.17) is 5.11 Å². The summed E-state index contributed by atoms with van der Waals surface area (Å²) in [4.78, 5) is 13.3. The predicted molar refractivity (Wildman–Crippen MR) is 73.8 cm³/mol. The number of carboxylic acid groups (broad SMARTS) is 1. The van der Waals surface area contributed by atoms with Crippen molar-refractivity contribution in [2.45, 2.75) is 57.5 Å². The lowest BCUT2D eigenvalue weighted by atomic mass is 9.84. The van der Waals surface area contributed by atoms with E-state index in [-0.39, 0.29) is 0 Å². The van der Waals surface area contributed by atoms with Gasteiger partial charge in [0.05, 0.1) is 0 Å². The number of hydrogen-bond acceptors (Lipinski definition) is 3. The van der Waals surface area contributed by atoms with Gasteiger partial charge in [-0.25, -0.2) is 0 Å². The first kappa shape index (κ1) is 15.4. The van der Waals surface area contributed by atoms with Crippen molar-refractivity contribution >= 4 is 5.97 Å². The van der Waals surface area contributed by atoms with E-state index < -0.39 is 12.0 Å². The number of nitrogens with one attached hydrogen (secondary N) is 1. The van der Waals surface area contributed by atoms with Gasteiger partial charge in [-0.15, -0.1) is 0 Å². The van der Waals surface area contributed by atoms with Gasteiger partial charge in [-0.3, -0.25) is 4.79 Å². The van der Waals surface area contributed by atoms with Crippen LogP contribution >= 0.6 is 0 Å². The number of carbonyl (C=O) groups is 1. The van der Waals surface area contributed by atoms with Crippen molar-refractivity contribution in [2.24, 2.45) is 5.92 Å². The number of nitrogens with zero attached hydrogens (tertiary/aromatic N) is 1. The highest BCUT2D eigenvalue weighted by Crippen LogP contribution is 2.28. The fourth-order valence-corrected chi connectivity index (χ4v) is 2.90. The number of aliphatic carboxylic acids is 1. The van der Waals surface area contributed by atoms with E-state index in [1.54, 1.807) is 7.05 Å². The standard InChI is InChI=1S/C14H28N2O2/c1-4-11-5-7-12(8-6-11)16(3)10-9-13(15-2)14(17)18/h11-13,15H,4-10H2,1-3H3,(H,17,18). The van der Waals surface area contributed by atoms with Crippen molar-refractivity contribution in [1.82, 2.24) is 10.2 Å². The summed E-state index contributed by atoms with van der Waals surface area (Å²) in [5.41, 5.74) is 0. The zero-order valence-corrected chi connectivity index (χ0v) is 12.0. The van der Waals surface area contributed by atoms with Crippen LogP contribution in [0.4, 0.5) is 0 Å². The maximum Gasteiger partial charge on any atom is 0.320 e. The first-order valence-corrected chi connectivity index (χ1v) is 7.18. The number of hydrogen-bond donors (Lipinski definition) is 2. The number of carboxylic acids is 1. The molecule has 4 nitrogen and oxygen atoms in total. The van der Waals surface area contributed by atoms with Crippen molar-refractivity contribution in [3.63, 3.8) is 0 Å². The van der Waals surface area contributed by atoms with E-state index in [1.165, 1.54) is 32.1 Å². The molecule has 1 rings (SSSR count). The highest BCUT2D eigenvalue weighted by molar-refractivity contribution is 5.73. The van der Waals surface area contributed by atoms with Gasteiger partial charge in [-0.1, -0.05) is 13.3 Å². The van der Waals surface area contributed by atoms with E-state index in [0.717, 1.165) is 12.5 Å². The normalized spacial score (nSPS) is 26.2. The molecule has 0 heterocycles. The molecule has 0 aliphatic heterocycles. The molecule has 106 valence electrons. The van der Waals surface area contributed by atoms with Crippen LogP contribution in [0.3, 0.4) is 0 Å². The van der Waals surface area contributed by atoms with Gasteiger partial charge in [0.1, 0.15) is 6.04 Å². The zero-order valence-electron chi connectivity index (χ0n) is 12.0. The van der Waals surface area contributed by atoms with E-state index in [2.05, 4.69) is 24.2 Å². The largest absolute Gasteiger partial charge is 0.480 e. The molecule has 1 fully saturated rings. The summed E-state index contributed by atoms with van der Waals surface area (Å²) in [6, 6.07) is 0.235. The third-order valence-corrected chi connectivity index (χ3v) is 4.43. The maximum absolute atomic E-state index is 10.9. The van der Waals surface area contributed by atoms with Crippen LogP contribution in [0.1, 0.15) is 45.4 Å². The monoisotopic (exact) mass is 256 g/mol. The lowest BCUT2D eigenvalue weighted by molar-refractivity contribution is -0.139. The minimum Gasteiger partial charge on any atom is -0.480 e. The van der Waals surface area contributed by atoms with E-state index in [1.807, 2.05) is 0 Å². The van der Waals surface area contributed by atoms with Gasteiger partial charge in [0.15, 0.2) is 0 Å². The molecule has 0 saturated heterocycles. The average molecular weight is 256 g/mol. The Bertz CT molecular complexity index is 250. The fourth-order valence-electron chi connectivity index (χ4n) is 2.90. The minimum atomic E-state index is -0.749. The first-order valence-electron chi connectivity index (χ1n) is 7.18. The average Bonchev–Trinajstić information content (AvgIpc) is 2.39. The Morgan fingerprint density at radius 3 is 2.44 bits per heavy atom. The quantitative estimate of drug-likeness (QED) is 0.731. The molecule has 4 heteroatoms. The topological polar surface area (TPSA) is 52.6 Å². The minimum absolute atomic E-state index is 0.417. The second-order valence-corrected chi connectivity index (χ2v) is 5.53. The molecule has 0 aromatic rings. The molecular formula is C14H28N2O2. The van der Waals surface area contributed by atoms with Gasteiger partial charge in [0, 0.05) is 12.6 Å². The molecule has 0 bridgehead atoms. The van der Waals surface area contributed by atoms with Gasteiger partial charge < -0.3 is 15.3 Å². The van der Waals surface area contributed by atoms with Gasteiger partial charge in [0.2, 0.25) is 0 Å². The van der Waals surface area contributed by atoms with Crippen LogP contribution < -0.4 is 5.32 Å². The highest BCUT2D eigenvalue weighted by Gasteiger charge is 2.24. The second kappa shape index (κ2) is 7.74.